The van der Waals surface area contributed by atoms with Crippen LogP contribution in [0.15, 0.2) is 42.5 Å². The SMILES string of the molecule is CC(O)(C(=O)N1CCC(c2cc(F)c(O)cc2O)CC1)c1ccccc1. The third-order valence-electron chi connectivity index (χ3n) is 5.07. The zero-order valence-electron chi connectivity index (χ0n) is 14.5. The third kappa shape index (κ3) is 3.37. The van der Waals surface area contributed by atoms with Crippen LogP contribution in [0.25, 0.3) is 0 Å². The van der Waals surface area contributed by atoms with E-state index in [1.807, 2.05) is 6.07 Å². The molecule has 0 aliphatic carbocycles. The topological polar surface area (TPSA) is 81.0 Å². The number of aliphatic hydroxyl groups is 1. The molecule has 138 valence electrons. The zero-order valence-corrected chi connectivity index (χ0v) is 14.5. The molecular formula is C20H22FNO4. The van der Waals surface area contributed by atoms with Crippen LogP contribution in [0, 0.1) is 5.82 Å². The van der Waals surface area contributed by atoms with Gasteiger partial charge >= 0.3 is 0 Å². The molecule has 1 amide bonds. The average molecular weight is 359 g/mol. The van der Waals surface area contributed by atoms with Gasteiger partial charge in [0.25, 0.3) is 5.91 Å². The Morgan fingerprint density at radius 2 is 1.73 bits per heavy atom. The number of phenolic OH excluding ortho intramolecular Hbond substituents is 2. The zero-order chi connectivity index (χ0) is 18.9. The van der Waals surface area contributed by atoms with Gasteiger partial charge in [0.05, 0.1) is 0 Å². The van der Waals surface area contributed by atoms with Gasteiger partial charge in [0.2, 0.25) is 0 Å². The number of likely N-dealkylation sites (tertiary alicyclic amines) is 1. The Hall–Kier alpha value is -2.60. The number of amides is 1. The molecule has 0 radical (unpaired) electrons. The van der Waals surface area contributed by atoms with Crippen molar-refractivity contribution in [3.63, 3.8) is 0 Å². The maximum atomic E-state index is 13.6. The predicted octanol–water partition coefficient (Wildman–Crippen LogP) is 2.85. The van der Waals surface area contributed by atoms with Crippen LogP contribution in [0.2, 0.25) is 0 Å². The van der Waals surface area contributed by atoms with E-state index >= 15 is 0 Å². The number of carbonyl (C=O) groups is 1. The van der Waals surface area contributed by atoms with Crippen molar-refractivity contribution in [2.75, 3.05) is 13.1 Å². The van der Waals surface area contributed by atoms with Gasteiger partial charge in [-0.1, -0.05) is 30.3 Å². The van der Waals surface area contributed by atoms with Gasteiger partial charge in [-0.2, -0.15) is 0 Å². The molecule has 0 spiro atoms. The van der Waals surface area contributed by atoms with Crippen molar-refractivity contribution >= 4 is 5.91 Å². The second-order valence-corrected chi connectivity index (χ2v) is 6.87. The van der Waals surface area contributed by atoms with Gasteiger partial charge in [0.15, 0.2) is 17.2 Å². The maximum Gasteiger partial charge on any atom is 0.258 e. The molecule has 1 fully saturated rings. The highest BCUT2D eigenvalue weighted by molar-refractivity contribution is 5.86. The third-order valence-corrected chi connectivity index (χ3v) is 5.07. The van der Waals surface area contributed by atoms with E-state index in [4.69, 9.17) is 0 Å². The molecule has 0 saturated carbocycles. The lowest BCUT2D eigenvalue weighted by molar-refractivity contribution is -0.151. The van der Waals surface area contributed by atoms with E-state index in [0.717, 1.165) is 12.1 Å². The van der Waals surface area contributed by atoms with Gasteiger partial charge in [-0.25, -0.2) is 4.39 Å². The summed E-state index contributed by atoms with van der Waals surface area (Å²) in [5.41, 5.74) is -0.645. The summed E-state index contributed by atoms with van der Waals surface area (Å²) < 4.78 is 13.6. The van der Waals surface area contributed by atoms with Gasteiger partial charge < -0.3 is 20.2 Å². The Bertz CT molecular complexity index is 799. The number of rotatable bonds is 3. The quantitative estimate of drug-likeness (QED) is 0.787. The second kappa shape index (κ2) is 6.96. The summed E-state index contributed by atoms with van der Waals surface area (Å²) in [4.78, 5) is 14.4. The van der Waals surface area contributed by atoms with E-state index in [2.05, 4.69) is 0 Å². The van der Waals surface area contributed by atoms with Crippen LogP contribution in [-0.4, -0.2) is 39.2 Å². The number of carbonyl (C=O) groups excluding carboxylic acids is 1. The highest BCUT2D eigenvalue weighted by Gasteiger charge is 2.38. The molecule has 3 rings (SSSR count). The lowest BCUT2D eigenvalue weighted by Crippen LogP contribution is -2.48. The van der Waals surface area contributed by atoms with Gasteiger partial charge in [-0.3, -0.25) is 4.79 Å². The minimum atomic E-state index is -1.61. The molecule has 1 aliphatic heterocycles. The molecule has 2 aromatic carbocycles. The summed E-state index contributed by atoms with van der Waals surface area (Å²) in [7, 11) is 0. The molecule has 1 saturated heterocycles. The van der Waals surface area contributed by atoms with Crippen LogP contribution >= 0.6 is 0 Å². The highest BCUT2D eigenvalue weighted by atomic mass is 19.1. The minimum absolute atomic E-state index is 0.115. The van der Waals surface area contributed by atoms with E-state index in [-0.39, 0.29) is 17.6 Å². The fraction of sp³-hybridized carbons (Fsp3) is 0.350. The van der Waals surface area contributed by atoms with Crippen LogP contribution in [-0.2, 0) is 10.4 Å². The maximum absolute atomic E-state index is 13.6. The lowest BCUT2D eigenvalue weighted by atomic mass is 9.87. The number of benzene rings is 2. The van der Waals surface area contributed by atoms with Crippen molar-refractivity contribution in [2.45, 2.75) is 31.3 Å². The Morgan fingerprint density at radius 1 is 1.12 bits per heavy atom. The molecule has 2 aromatic rings. The number of phenols is 2. The minimum Gasteiger partial charge on any atom is -0.508 e. The van der Waals surface area contributed by atoms with Crippen molar-refractivity contribution in [2.24, 2.45) is 0 Å². The largest absolute Gasteiger partial charge is 0.508 e. The summed E-state index contributed by atoms with van der Waals surface area (Å²) in [5, 5.41) is 30.0. The first-order valence-electron chi connectivity index (χ1n) is 8.59. The molecule has 5 nitrogen and oxygen atoms in total. The first-order valence-corrected chi connectivity index (χ1v) is 8.59. The summed E-state index contributed by atoms with van der Waals surface area (Å²) in [5.74, 6) is -2.00. The number of halogens is 1. The van der Waals surface area contributed by atoms with Crippen LogP contribution < -0.4 is 0 Å². The van der Waals surface area contributed by atoms with E-state index in [0.29, 0.717) is 37.1 Å². The van der Waals surface area contributed by atoms with E-state index in [9.17, 15) is 24.5 Å². The van der Waals surface area contributed by atoms with Crippen LogP contribution in [0.3, 0.4) is 0 Å². The number of hydrogen-bond donors (Lipinski definition) is 3. The number of nitrogens with zero attached hydrogens (tertiary/aromatic N) is 1. The Kier molecular flexibility index (Phi) is 4.87. The first-order chi connectivity index (χ1) is 12.3. The van der Waals surface area contributed by atoms with Gasteiger partial charge in [-0.15, -0.1) is 0 Å². The van der Waals surface area contributed by atoms with Crippen LogP contribution in [0.5, 0.6) is 11.5 Å². The van der Waals surface area contributed by atoms with Crippen molar-refractivity contribution < 1.29 is 24.5 Å². The monoisotopic (exact) mass is 359 g/mol. The van der Waals surface area contributed by atoms with E-state index in [1.165, 1.54) is 6.92 Å². The molecular weight excluding hydrogens is 337 g/mol. The summed E-state index contributed by atoms with van der Waals surface area (Å²) in [6, 6.07) is 10.9. The smallest absolute Gasteiger partial charge is 0.258 e. The fourth-order valence-corrected chi connectivity index (χ4v) is 3.48. The molecule has 1 unspecified atom stereocenters. The van der Waals surface area contributed by atoms with Gasteiger partial charge in [-0.05, 0) is 37.3 Å². The molecule has 6 heteroatoms. The predicted molar refractivity (Wildman–Crippen MR) is 94.3 cm³/mol. The average Bonchev–Trinajstić information content (AvgIpc) is 2.65. The standard InChI is InChI=1S/C20H22FNO4/c1-20(26,14-5-3-2-4-6-14)19(25)22-9-7-13(8-10-22)15-11-16(21)18(24)12-17(15)23/h2-6,11-13,23-24,26H,7-10H2,1H3. The van der Waals surface area contributed by atoms with Gasteiger partial charge in [0, 0.05) is 24.7 Å². The number of hydrogen-bond acceptors (Lipinski definition) is 4. The van der Waals surface area contributed by atoms with E-state index < -0.39 is 17.2 Å². The molecule has 0 bridgehead atoms. The van der Waals surface area contributed by atoms with Crippen LogP contribution in [0.4, 0.5) is 4.39 Å². The highest BCUT2D eigenvalue weighted by Crippen LogP contribution is 2.37. The van der Waals surface area contributed by atoms with Crippen molar-refractivity contribution in [1.82, 2.24) is 4.90 Å². The van der Waals surface area contributed by atoms with Crippen molar-refractivity contribution in [1.29, 1.82) is 0 Å². The summed E-state index contributed by atoms with van der Waals surface area (Å²) in [6.07, 6.45) is 1.07. The summed E-state index contributed by atoms with van der Waals surface area (Å²) in [6.45, 7) is 2.28. The fourth-order valence-electron chi connectivity index (χ4n) is 3.48. The number of piperidine rings is 1. The summed E-state index contributed by atoms with van der Waals surface area (Å²) >= 11 is 0. The molecule has 1 atom stereocenters. The van der Waals surface area contributed by atoms with Crippen molar-refractivity contribution in [3.05, 3.63) is 59.4 Å². The Balaban J connectivity index is 1.71. The second-order valence-electron chi connectivity index (χ2n) is 6.87. The van der Waals surface area contributed by atoms with Crippen LogP contribution in [0.1, 0.15) is 36.8 Å². The Labute approximate surface area is 151 Å². The number of aromatic hydroxyl groups is 2. The van der Waals surface area contributed by atoms with Crippen molar-refractivity contribution in [3.8, 4) is 11.5 Å². The van der Waals surface area contributed by atoms with E-state index in [1.54, 1.807) is 29.2 Å². The Morgan fingerprint density at radius 3 is 2.35 bits per heavy atom. The molecule has 1 aliphatic rings. The molecule has 26 heavy (non-hydrogen) atoms. The molecule has 0 aromatic heterocycles. The normalized spacial score (nSPS) is 17.7. The molecule has 1 heterocycles. The van der Waals surface area contributed by atoms with Gasteiger partial charge in [0.1, 0.15) is 5.75 Å². The molecule has 3 N–H and O–H groups in total. The first kappa shape index (κ1) is 18.2. The lowest BCUT2D eigenvalue weighted by Gasteiger charge is -2.36.